The van der Waals surface area contributed by atoms with Crippen LogP contribution in [0, 0.1) is 0 Å². The third-order valence-corrected chi connectivity index (χ3v) is 3.81. The van der Waals surface area contributed by atoms with Crippen molar-refractivity contribution in [1.82, 2.24) is 4.72 Å². The average Bonchev–Trinajstić information content (AvgIpc) is 2.86. The van der Waals surface area contributed by atoms with Crippen molar-refractivity contribution in [2.24, 2.45) is 0 Å². The maximum atomic E-state index is 3.60. The third kappa shape index (κ3) is 2.68. The Bertz CT molecular complexity index is 117. The fourth-order valence-electron chi connectivity index (χ4n) is 1.60. The molecule has 64 valence electrons. The maximum Gasteiger partial charge on any atom is 0.0193 e. The van der Waals surface area contributed by atoms with Gasteiger partial charge in [-0.05, 0) is 25.7 Å². The lowest BCUT2D eigenvalue weighted by Crippen LogP contribution is -2.25. The van der Waals surface area contributed by atoms with Gasteiger partial charge >= 0.3 is 0 Å². The monoisotopic (exact) mass is 171 g/mol. The van der Waals surface area contributed by atoms with Crippen LogP contribution in [0.4, 0.5) is 0 Å². The summed E-state index contributed by atoms with van der Waals surface area (Å²) in [6.45, 7) is 0. The van der Waals surface area contributed by atoms with E-state index in [9.17, 15) is 0 Å². The molecule has 0 bridgehead atoms. The van der Waals surface area contributed by atoms with Gasteiger partial charge in [0.25, 0.3) is 0 Å². The second kappa shape index (κ2) is 3.81. The summed E-state index contributed by atoms with van der Waals surface area (Å²) < 4.78 is 3.60. The van der Waals surface area contributed by atoms with Crippen LogP contribution in [0.2, 0.25) is 0 Å². The van der Waals surface area contributed by atoms with Crippen LogP contribution in [0.1, 0.15) is 44.9 Å². The van der Waals surface area contributed by atoms with E-state index in [1.165, 1.54) is 44.9 Å². The molecular formula is C9H17NS. The van der Waals surface area contributed by atoms with Gasteiger partial charge in [-0.1, -0.05) is 31.2 Å². The van der Waals surface area contributed by atoms with Gasteiger partial charge < -0.3 is 0 Å². The molecule has 0 aromatic rings. The first-order valence-corrected chi connectivity index (χ1v) is 5.74. The van der Waals surface area contributed by atoms with E-state index in [-0.39, 0.29) is 0 Å². The smallest absolute Gasteiger partial charge is 0.0193 e. The van der Waals surface area contributed by atoms with E-state index < -0.39 is 0 Å². The minimum absolute atomic E-state index is 0.842. The summed E-state index contributed by atoms with van der Waals surface area (Å²) in [6.07, 6.45) is 10.1. The molecule has 0 atom stereocenters. The highest BCUT2D eigenvalue weighted by atomic mass is 32.2. The molecule has 0 aliphatic heterocycles. The summed E-state index contributed by atoms with van der Waals surface area (Å²) >= 11 is 2.00. The molecule has 0 radical (unpaired) electrons. The van der Waals surface area contributed by atoms with Gasteiger partial charge in [0.1, 0.15) is 0 Å². The van der Waals surface area contributed by atoms with Crippen molar-refractivity contribution in [1.29, 1.82) is 0 Å². The van der Waals surface area contributed by atoms with E-state index in [1.807, 2.05) is 11.9 Å². The largest absolute Gasteiger partial charge is 0.261 e. The normalized spacial score (nSPS) is 27.3. The van der Waals surface area contributed by atoms with E-state index in [4.69, 9.17) is 0 Å². The first-order valence-electron chi connectivity index (χ1n) is 4.86. The van der Waals surface area contributed by atoms with Crippen molar-refractivity contribution in [3.8, 4) is 0 Å². The maximum absolute atomic E-state index is 3.60. The Kier molecular flexibility index (Phi) is 2.75. The molecule has 0 spiro atoms. The van der Waals surface area contributed by atoms with Crippen LogP contribution >= 0.6 is 11.9 Å². The Morgan fingerprint density at radius 2 is 1.64 bits per heavy atom. The Hall–Kier alpha value is 0.310. The number of hydrogen-bond acceptors (Lipinski definition) is 2. The summed E-state index contributed by atoms with van der Waals surface area (Å²) in [5.41, 5.74) is 0. The summed E-state index contributed by atoms with van der Waals surface area (Å²) in [6, 6.07) is 0.842. The van der Waals surface area contributed by atoms with Crippen LogP contribution in [0.3, 0.4) is 0 Å². The lowest BCUT2D eigenvalue weighted by Gasteiger charge is -2.21. The summed E-state index contributed by atoms with van der Waals surface area (Å²) in [5, 5.41) is 0.969. The van der Waals surface area contributed by atoms with Crippen molar-refractivity contribution in [2.45, 2.75) is 56.2 Å². The minimum atomic E-state index is 0.842. The van der Waals surface area contributed by atoms with Crippen molar-refractivity contribution < 1.29 is 0 Å². The van der Waals surface area contributed by atoms with Crippen LogP contribution in [0.5, 0.6) is 0 Å². The molecule has 0 amide bonds. The predicted molar refractivity (Wildman–Crippen MR) is 50.6 cm³/mol. The highest BCUT2D eigenvalue weighted by molar-refractivity contribution is 7.98. The van der Waals surface area contributed by atoms with E-state index in [0.29, 0.717) is 0 Å². The Morgan fingerprint density at radius 1 is 0.909 bits per heavy atom. The second-order valence-corrected chi connectivity index (χ2v) is 4.91. The van der Waals surface area contributed by atoms with Gasteiger partial charge in [0.05, 0.1) is 0 Å². The van der Waals surface area contributed by atoms with Crippen molar-refractivity contribution in [3.63, 3.8) is 0 Å². The molecule has 1 nitrogen and oxygen atoms in total. The summed E-state index contributed by atoms with van der Waals surface area (Å²) in [7, 11) is 0. The molecule has 2 heteroatoms. The summed E-state index contributed by atoms with van der Waals surface area (Å²) in [4.78, 5) is 0. The molecule has 2 rings (SSSR count). The van der Waals surface area contributed by atoms with Gasteiger partial charge in [0.2, 0.25) is 0 Å². The highest BCUT2D eigenvalue weighted by Crippen LogP contribution is 2.33. The molecule has 0 heterocycles. The lowest BCUT2D eigenvalue weighted by atomic mass is 9.96. The van der Waals surface area contributed by atoms with Gasteiger partial charge in [-0.15, -0.1) is 0 Å². The molecule has 2 aliphatic rings. The molecule has 1 N–H and O–H groups in total. The Balaban J connectivity index is 1.59. The van der Waals surface area contributed by atoms with Crippen LogP contribution in [0.25, 0.3) is 0 Å². The third-order valence-electron chi connectivity index (χ3n) is 2.53. The molecule has 2 aliphatic carbocycles. The van der Waals surface area contributed by atoms with Crippen LogP contribution in [-0.2, 0) is 0 Å². The molecule has 11 heavy (non-hydrogen) atoms. The fourth-order valence-corrected chi connectivity index (χ4v) is 2.59. The highest BCUT2D eigenvalue weighted by Gasteiger charge is 2.23. The van der Waals surface area contributed by atoms with Gasteiger partial charge in [0.15, 0.2) is 0 Å². The standard InChI is InChI=1S/C9H17NS/c1-2-4-8(5-3-1)10-11-9-6-7-9/h8-10H,1-7H2. The lowest BCUT2D eigenvalue weighted by molar-refractivity contribution is 0.423. The molecular weight excluding hydrogens is 154 g/mol. The number of nitrogens with one attached hydrogen (secondary N) is 1. The summed E-state index contributed by atoms with van der Waals surface area (Å²) in [5.74, 6) is 0. The zero-order chi connectivity index (χ0) is 7.52. The van der Waals surface area contributed by atoms with Gasteiger partial charge in [-0.3, -0.25) is 4.72 Å². The zero-order valence-corrected chi connectivity index (χ0v) is 7.83. The van der Waals surface area contributed by atoms with Gasteiger partial charge in [-0.2, -0.15) is 0 Å². The molecule has 0 aromatic heterocycles. The van der Waals surface area contributed by atoms with Crippen LogP contribution in [-0.4, -0.2) is 11.3 Å². The zero-order valence-electron chi connectivity index (χ0n) is 7.01. The molecule has 2 fully saturated rings. The van der Waals surface area contributed by atoms with E-state index in [1.54, 1.807) is 0 Å². The average molecular weight is 171 g/mol. The predicted octanol–water partition coefficient (Wildman–Crippen LogP) is 2.72. The van der Waals surface area contributed by atoms with Crippen LogP contribution < -0.4 is 4.72 Å². The van der Waals surface area contributed by atoms with E-state index >= 15 is 0 Å². The first kappa shape index (κ1) is 7.93. The molecule has 0 unspecified atom stereocenters. The van der Waals surface area contributed by atoms with Crippen molar-refractivity contribution >= 4 is 11.9 Å². The topological polar surface area (TPSA) is 12.0 Å². The van der Waals surface area contributed by atoms with Crippen LogP contribution in [0.15, 0.2) is 0 Å². The second-order valence-electron chi connectivity index (χ2n) is 3.77. The molecule has 0 aromatic carbocycles. The van der Waals surface area contributed by atoms with E-state index in [2.05, 4.69) is 4.72 Å². The molecule has 2 saturated carbocycles. The van der Waals surface area contributed by atoms with E-state index in [0.717, 1.165) is 11.3 Å². The van der Waals surface area contributed by atoms with Gasteiger partial charge in [0, 0.05) is 11.3 Å². The fraction of sp³-hybridized carbons (Fsp3) is 1.00. The number of hydrogen-bond donors (Lipinski definition) is 1. The quantitative estimate of drug-likeness (QED) is 0.655. The molecule has 0 saturated heterocycles. The number of rotatable bonds is 3. The van der Waals surface area contributed by atoms with Crippen molar-refractivity contribution in [3.05, 3.63) is 0 Å². The van der Waals surface area contributed by atoms with Gasteiger partial charge in [-0.25, -0.2) is 0 Å². The minimum Gasteiger partial charge on any atom is -0.261 e. The Labute approximate surface area is 73.5 Å². The SMILES string of the molecule is C1CCC(NSC2CC2)CC1. The Morgan fingerprint density at radius 3 is 2.27 bits per heavy atom. The van der Waals surface area contributed by atoms with Crippen molar-refractivity contribution in [2.75, 3.05) is 0 Å². The first-order chi connectivity index (χ1) is 5.45.